The van der Waals surface area contributed by atoms with Gasteiger partial charge in [0.1, 0.15) is 28.8 Å². The van der Waals surface area contributed by atoms with Gasteiger partial charge in [0.25, 0.3) is 28.1 Å². The molecular formula is C84H100ClLiN22O13S2. The minimum absolute atomic E-state index is 0. The van der Waals surface area contributed by atoms with E-state index >= 15 is 0 Å². The number of pyridine rings is 12. The summed E-state index contributed by atoms with van der Waals surface area (Å²) in [6.45, 7) is 11.2. The number of hydrogen-bond donors (Lipinski definition) is 12. The summed E-state index contributed by atoms with van der Waals surface area (Å²) >= 11 is 5.66. The van der Waals surface area contributed by atoms with Crippen molar-refractivity contribution in [3.8, 4) is 45.0 Å². The molecule has 0 aliphatic heterocycles. The second kappa shape index (κ2) is 48.9. The van der Waals surface area contributed by atoms with Crippen LogP contribution in [0.1, 0.15) is 78.1 Å². The number of aromatic carboxylic acids is 1. The quantitative estimate of drug-likeness (QED) is 0.0308. The number of carboxylic acids is 1. The first-order valence-electron chi connectivity index (χ1n) is 36.8. The normalized spacial score (nSPS) is 10.6. The molecule has 123 heavy (non-hydrogen) atoms. The first-order chi connectivity index (χ1) is 57.0. The van der Waals surface area contributed by atoms with Crippen molar-refractivity contribution < 1.29 is 62.8 Å². The molecule has 2 atom stereocenters. The van der Waals surface area contributed by atoms with Crippen LogP contribution < -0.4 is 98.5 Å². The SMILES string of the molecule is COC(=O)c1cnccc1Cl.COC(=O)c1cnccc1Nc1cc(-c2cccc(C)n2)c(=O)[nH]c1N(C)C.C[C@H](O)CN.Cc1cccc(-c2cc(N)c(N(C)C)[nH]c2=O)n1.Cc1cccc(-c2cc(Nc3ccncc3C(=O)NC[C@H](C)O)c(N(C)C)[nH]c2=O)n1.Cc1cccc(-c2cc(Nc3ccncc3C(=O)[O-])c(N(C)C)[nH]c2=O)n1.S.S.[Li+]. The summed E-state index contributed by atoms with van der Waals surface area (Å²) in [6, 6.07) is 35.1. The van der Waals surface area contributed by atoms with E-state index in [9.17, 15) is 48.6 Å². The molecule has 0 radical (unpaired) electrons. The number of methoxy groups -OCH3 is 2. The van der Waals surface area contributed by atoms with Gasteiger partial charge in [-0.05, 0) is 139 Å². The maximum Gasteiger partial charge on any atom is 1.00 e. The summed E-state index contributed by atoms with van der Waals surface area (Å²) in [6.07, 6.45) is 10.6. The summed E-state index contributed by atoms with van der Waals surface area (Å²) in [4.78, 5) is 148. The summed E-state index contributed by atoms with van der Waals surface area (Å²) in [5.74, 6) is -0.471. The second-order valence-corrected chi connectivity index (χ2v) is 27.7. The summed E-state index contributed by atoms with van der Waals surface area (Å²) in [5, 5.41) is 41.5. The molecule has 12 heterocycles. The van der Waals surface area contributed by atoms with Crippen LogP contribution in [0.3, 0.4) is 0 Å². The van der Waals surface area contributed by atoms with E-state index in [1.165, 1.54) is 63.5 Å². The third-order valence-electron chi connectivity index (χ3n) is 16.8. The number of anilines is 11. The number of H-pyrrole nitrogens is 4. The molecule has 0 aliphatic carbocycles. The van der Waals surface area contributed by atoms with E-state index in [2.05, 4.69) is 85.8 Å². The van der Waals surface area contributed by atoms with Crippen LogP contribution in [0.5, 0.6) is 0 Å². The summed E-state index contributed by atoms with van der Waals surface area (Å²) < 4.78 is 9.27. The first kappa shape index (κ1) is 102. The average Bonchev–Trinajstić information content (AvgIpc) is 0.823. The number of halogens is 1. The Morgan fingerprint density at radius 2 is 0.748 bits per heavy atom. The fraction of sp³-hybridized carbons (Fsp3) is 0.238. The number of hydrogen-bond acceptors (Lipinski definition) is 30. The van der Waals surface area contributed by atoms with Crippen molar-refractivity contribution in [1.29, 1.82) is 0 Å². The second-order valence-electron chi connectivity index (χ2n) is 27.3. The van der Waals surface area contributed by atoms with E-state index < -0.39 is 24.0 Å². The molecule has 14 N–H and O–H groups in total. The van der Waals surface area contributed by atoms with Crippen LogP contribution in [-0.4, -0.2) is 190 Å². The average molecular weight is 1730 g/mol. The molecule has 0 saturated heterocycles. The molecule has 39 heteroatoms. The number of ether oxygens (including phenoxy) is 2. The monoisotopic (exact) mass is 1730 g/mol. The molecule has 644 valence electrons. The molecule has 12 aromatic rings. The molecule has 35 nitrogen and oxygen atoms in total. The minimum Gasteiger partial charge on any atom is -0.545 e. The number of nitrogens with two attached hydrogens (primary N) is 2. The van der Waals surface area contributed by atoms with Crippen LogP contribution in [0.4, 0.5) is 63.1 Å². The van der Waals surface area contributed by atoms with Gasteiger partial charge in [-0.2, -0.15) is 27.0 Å². The van der Waals surface area contributed by atoms with Crippen LogP contribution in [-0.2, 0) is 9.47 Å². The number of nitrogens with zero attached hydrogens (tertiary/aromatic N) is 12. The predicted molar refractivity (Wildman–Crippen MR) is 486 cm³/mol. The van der Waals surface area contributed by atoms with Crippen LogP contribution in [0, 0.1) is 27.7 Å². The van der Waals surface area contributed by atoms with Crippen molar-refractivity contribution in [2.45, 2.75) is 53.8 Å². The Morgan fingerprint density at radius 1 is 0.455 bits per heavy atom. The zero-order valence-corrected chi connectivity index (χ0v) is 73.8. The van der Waals surface area contributed by atoms with E-state index in [1.54, 1.807) is 121 Å². The number of esters is 2. The number of carbonyl (C=O) groups excluding carboxylic acids is 4. The molecule has 0 unspecified atom stereocenters. The van der Waals surface area contributed by atoms with Crippen LogP contribution in [0.15, 0.2) is 190 Å². The fourth-order valence-corrected chi connectivity index (χ4v) is 11.1. The minimum atomic E-state index is -1.35. The third kappa shape index (κ3) is 29.3. The third-order valence-corrected chi connectivity index (χ3v) is 17.1. The topological polar surface area (TPSA) is 498 Å². The summed E-state index contributed by atoms with van der Waals surface area (Å²) in [7, 11) is 17.0. The van der Waals surface area contributed by atoms with Gasteiger partial charge in [0.2, 0.25) is 0 Å². The summed E-state index contributed by atoms with van der Waals surface area (Å²) in [5.41, 5.74) is 21.5. The Bertz CT molecular complexity index is 5840. The van der Waals surface area contributed by atoms with Crippen LogP contribution in [0.2, 0.25) is 5.02 Å². The number of aromatic nitrogens is 12. The van der Waals surface area contributed by atoms with E-state index in [-0.39, 0.29) is 103 Å². The molecule has 0 saturated carbocycles. The van der Waals surface area contributed by atoms with E-state index in [1.807, 2.05) is 119 Å². The Hall–Kier alpha value is -13.3. The molecule has 0 spiro atoms. The molecule has 12 aromatic heterocycles. The van der Waals surface area contributed by atoms with Crippen molar-refractivity contribution in [1.82, 2.24) is 65.1 Å². The van der Waals surface area contributed by atoms with Gasteiger partial charge in [-0.15, -0.1) is 0 Å². The molecule has 0 aromatic carbocycles. The van der Waals surface area contributed by atoms with Gasteiger partial charge >= 0.3 is 30.8 Å². The van der Waals surface area contributed by atoms with Gasteiger partial charge in [-0.25, -0.2) is 9.59 Å². The van der Waals surface area contributed by atoms with E-state index in [0.29, 0.717) is 125 Å². The molecule has 1 amide bonds. The Balaban J connectivity index is 0.000000325. The maximum absolute atomic E-state index is 12.7. The van der Waals surface area contributed by atoms with Crippen molar-refractivity contribution in [3.05, 3.63) is 262 Å². The zero-order valence-electron chi connectivity index (χ0n) is 71.0. The zero-order chi connectivity index (χ0) is 88.2. The number of aliphatic hydroxyl groups is 2. The van der Waals surface area contributed by atoms with Crippen molar-refractivity contribution >= 4 is 125 Å². The van der Waals surface area contributed by atoms with Gasteiger partial charge in [-0.1, -0.05) is 35.9 Å². The van der Waals surface area contributed by atoms with Crippen molar-refractivity contribution in [3.63, 3.8) is 0 Å². The number of rotatable bonds is 21. The Labute approximate surface area is 740 Å². The molecule has 12 rings (SSSR count). The van der Waals surface area contributed by atoms with Gasteiger partial charge in [0.05, 0.1) is 133 Å². The number of nitrogen functional groups attached to an aromatic ring is 1. The number of aliphatic hydroxyl groups excluding tert-OH is 2. The van der Waals surface area contributed by atoms with Gasteiger partial charge in [-0.3, -0.25) is 63.8 Å². The largest absolute Gasteiger partial charge is 1.00 e. The predicted octanol–water partition coefficient (Wildman–Crippen LogP) is 5.58. The maximum atomic E-state index is 12.7. The molecule has 0 bridgehead atoms. The van der Waals surface area contributed by atoms with Gasteiger partial charge < -0.3 is 102 Å². The van der Waals surface area contributed by atoms with Crippen molar-refractivity contribution in [2.24, 2.45) is 5.73 Å². The van der Waals surface area contributed by atoms with Gasteiger partial charge in [0.15, 0.2) is 0 Å². The Kier molecular flexibility index (Phi) is 40.6. The molecule has 0 fully saturated rings. The standard InChI is InChI=1S/C22H26N6O3.C20H21N5O3.C19H19N5O3.C13H16N4O.C7H6ClNO2.C3H9NO.Li.2H2S/c1-13-6-5-7-17(25-13)15-10-19(20(28(3)4)27-22(15)31)26-18-8-9-23-12-16(18)21(30)24-11-14(2)29;1-12-6-5-7-15(22-12)13-10-17(18(25(2)3)24-19(13)26)23-16-8-9-21-11-14(16)20(27)28-4;1-11-5-4-6-14(21-11)12-9-16(17(24(2)3)23-18(12)25)22-15-7-8-20-10-13(15)19(26)27;1-8-5-4-6-11(15-8)9-7-10(14)12(17(2)3)16-13(9)18;1-11-7(10)5-4-9-3-2-6(5)8;1-3(5)2-4;;;/h5-10,12,14,29H,11H2,1-4H3,(H,23,26)(H,24,30)(H,27,31);5-11H,1-4H3,(H,21,23)(H,24,26);4-10H,1-3H3,(H,20,22)(H,23,25)(H,26,27);4-7H,14H2,1-3H3,(H,16,18);2-4H,1H3;3,5H,2,4H2,1H3;;2*1H2/q;;;;;;+1;;/p-1/t14-;;;;;3-;;;/m0....0.../s1. The first-order valence-corrected chi connectivity index (χ1v) is 37.2. The van der Waals surface area contributed by atoms with Crippen LogP contribution in [0.25, 0.3) is 45.0 Å². The number of amides is 1. The Morgan fingerprint density at radius 3 is 1.06 bits per heavy atom. The number of carbonyl (C=O) groups is 4. The van der Waals surface area contributed by atoms with Gasteiger partial charge in [0, 0.05) is 147 Å². The molecular weight excluding hydrogens is 1630 g/mol. The fourth-order valence-electron chi connectivity index (χ4n) is 10.9. The number of nitrogens with one attached hydrogen (secondary N) is 8. The number of aryl methyl sites for hydroxylation is 4. The smallest absolute Gasteiger partial charge is 0.545 e. The molecule has 0 aliphatic rings. The van der Waals surface area contributed by atoms with E-state index in [4.69, 9.17) is 32.9 Å². The number of carboxylic acid groups (broad SMARTS) is 1. The van der Waals surface area contributed by atoms with Crippen LogP contribution >= 0.6 is 38.6 Å². The van der Waals surface area contributed by atoms with E-state index in [0.717, 1.165) is 22.8 Å². The van der Waals surface area contributed by atoms with Crippen molar-refractivity contribution in [2.75, 3.05) is 125 Å². The number of aromatic amines is 4.